The van der Waals surface area contributed by atoms with E-state index in [1.807, 2.05) is 91.0 Å². The predicted molar refractivity (Wildman–Crippen MR) is 171 cm³/mol. The second-order valence-corrected chi connectivity index (χ2v) is 11.8. The molecule has 228 valence electrons. The Bertz CT molecular complexity index is 1730. The van der Waals surface area contributed by atoms with Gasteiger partial charge in [0, 0.05) is 5.92 Å². The minimum Gasteiger partial charge on any atom is -0.489 e. The van der Waals surface area contributed by atoms with Crippen LogP contribution < -0.4 is 9.64 Å². The van der Waals surface area contributed by atoms with Crippen molar-refractivity contribution in [2.75, 3.05) is 18.1 Å². The van der Waals surface area contributed by atoms with Gasteiger partial charge in [-0.1, -0.05) is 66.7 Å². The zero-order valence-electron chi connectivity index (χ0n) is 24.9. The third kappa shape index (κ3) is 5.77. The maximum atomic E-state index is 13.9. The molecule has 1 N–H and O–H groups in total. The van der Waals surface area contributed by atoms with Gasteiger partial charge in [0.05, 0.1) is 30.2 Å². The molecule has 0 spiro atoms. The van der Waals surface area contributed by atoms with E-state index in [2.05, 4.69) is 12.1 Å². The maximum Gasteiger partial charge on any atom is 0.238 e. The lowest BCUT2D eigenvalue weighted by Crippen LogP contribution is -2.35. The van der Waals surface area contributed by atoms with Gasteiger partial charge in [0.15, 0.2) is 0 Å². The van der Waals surface area contributed by atoms with Gasteiger partial charge in [0.2, 0.25) is 11.8 Å². The molecule has 3 aromatic carbocycles. The zero-order valence-corrected chi connectivity index (χ0v) is 24.9. The zero-order chi connectivity index (χ0) is 30.8. The van der Waals surface area contributed by atoms with Gasteiger partial charge in [-0.3, -0.25) is 14.5 Å². The first kappa shape index (κ1) is 29.0. The fourth-order valence-corrected chi connectivity index (χ4v) is 7.09. The summed E-state index contributed by atoms with van der Waals surface area (Å²) in [5.74, 6) is 0.574. The van der Waals surface area contributed by atoms with Crippen molar-refractivity contribution in [3.63, 3.8) is 0 Å². The normalized spacial score (nSPS) is 23.0. The molecule has 3 aliphatic rings. The molecular formula is C38H35NO6. The fourth-order valence-electron chi connectivity index (χ4n) is 7.09. The first-order valence-corrected chi connectivity index (χ1v) is 15.5. The molecule has 4 atom stereocenters. The number of aliphatic hydroxyl groups is 1. The molecule has 1 aromatic heterocycles. The van der Waals surface area contributed by atoms with Crippen molar-refractivity contribution in [1.82, 2.24) is 0 Å². The Morgan fingerprint density at radius 2 is 1.58 bits per heavy atom. The molecule has 45 heavy (non-hydrogen) atoms. The second kappa shape index (κ2) is 12.7. The highest BCUT2D eigenvalue weighted by atomic mass is 16.5. The van der Waals surface area contributed by atoms with Gasteiger partial charge in [0.25, 0.3) is 0 Å². The Labute approximate surface area is 262 Å². The number of rotatable bonds is 10. The average molecular weight is 602 g/mol. The number of fused-ring (bicyclic) bond motifs is 3. The Morgan fingerprint density at radius 3 is 2.29 bits per heavy atom. The lowest BCUT2D eigenvalue weighted by Gasteiger charge is -2.31. The van der Waals surface area contributed by atoms with Crippen molar-refractivity contribution in [2.24, 2.45) is 17.8 Å². The van der Waals surface area contributed by atoms with Crippen LogP contribution in [0.1, 0.15) is 36.3 Å². The summed E-state index contributed by atoms with van der Waals surface area (Å²) in [5, 5.41) is 9.49. The van der Waals surface area contributed by atoms with E-state index >= 15 is 0 Å². The van der Waals surface area contributed by atoms with Crippen LogP contribution in [-0.4, -0.2) is 36.2 Å². The largest absolute Gasteiger partial charge is 0.489 e. The summed E-state index contributed by atoms with van der Waals surface area (Å²) in [4.78, 5) is 29.1. The number of furan rings is 1. The molecule has 0 unspecified atom stereocenters. The van der Waals surface area contributed by atoms with Gasteiger partial charge < -0.3 is 19.0 Å². The number of hydrogen-bond acceptors (Lipinski definition) is 6. The standard InChI is InChI=1S/C38H35NO6/c40-22-31-18-17-30(45-31)20-26(25-10-4-1-5-11-25)16-19-34-35-27(23-43-29-14-8-3-9-15-29)21-32-36(33(35)24-44-34)38(42)39(37(32)41)28-12-6-2-7-13-28/h1-15,17-18,20,32-34,36,40H,16,19,21-24H2/b26-20-/t32-,33+,34-,36-/m1/s1. The van der Waals surface area contributed by atoms with Crippen LogP contribution in [0.25, 0.3) is 11.6 Å². The molecule has 2 amide bonds. The van der Waals surface area contributed by atoms with E-state index in [0.29, 0.717) is 49.7 Å². The molecular weight excluding hydrogens is 566 g/mol. The average Bonchev–Trinajstić information content (AvgIpc) is 3.79. The van der Waals surface area contributed by atoms with E-state index in [4.69, 9.17) is 13.9 Å². The Kier molecular flexibility index (Phi) is 8.20. The monoisotopic (exact) mass is 601 g/mol. The first-order valence-electron chi connectivity index (χ1n) is 15.5. The number of imide groups is 1. The van der Waals surface area contributed by atoms with E-state index in [1.165, 1.54) is 4.90 Å². The fraction of sp³-hybridized carbons (Fsp3) is 0.263. The number of benzene rings is 3. The molecule has 7 heteroatoms. The Morgan fingerprint density at radius 1 is 0.867 bits per heavy atom. The quantitative estimate of drug-likeness (QED) is 0.161. The number of ether oxygens (including phenoxy) is 2. The Balaban J connectivity index is 1.19. The van der Waals surface area contributed by atoms with E-state index in [0.717, 1.165) is 28.0 Å². The molecule has 4 aromatic rings. The number of nitrogens with zero attached hydrogens (tertiary/aromatic N) is 1. The van der Waals surface area contributed by atoms with E-state index in [9.17, 15) is 14.7 Å². The second-order valence-electron chi connectivity index (χ2n) is 11.8. The highest BCUT2D eigenvalue weighted by Gasteiger charge is 2.57. The SMILES string of the molecule is O=C1[C@@H]2[C@@H](CC(COc3ccccc3)=C3[C@@H](CC/C(=C/c4ccc(CO)o4)c4ccccc4)OC[C@@H]32)C(=O)N1c1ccccc1. The van der Waals surface area contributed by atoms with Crippen LogP contribution >= 0.6 is 0 Å². The number of para-hydroxylation sites is 2. The van der Waals surface area contributed by atoms with E-state index < -0.39 is 11.8 Å². The summed E-state index contributed by atoms with van der Waals surface area (Å²) in [5.41, 5.74) is 4.93. The van der Waals surface area contributed by atoms with Crippen molar-refractivity contribution in [1.29, 1.82) is 0 Å². The lowest BCUT2D eigenvalue weighted by molar-refractivity contribution is -0.122. The van der Waals surface area contributed by atoms with Crippen LogP contribution in [0.3, 0.4) is 0 Å². The van der Waals surface area contributed by atoms with E-state index in [-0.39, 0.29) is 30.4 Å². The molecule has 7 nitrogen and oxygen atoms in total. The van der Waals surface area contributed by atoms with E-state index in [1.54, 1.807) is 6.07 Å². The van der Waals surface area contributed by atoms with Crippen molar-refractivity contribution in [3.05, 3.63) is 131 Å². The summed E-state index contributed by atoms with van der Waals surface area (Å²) in [6.07, 6.45) is 3.66. The number of hydrogen-bond donors (Lipinski definition) is 1. The van der Waals surface area contributed by atoms with Gasteiger partial charge in [-0.25, -0.2) is 0 Å². The van der Waals surface area contributed by atoms with Gasteiger partial charge in [-0.15, -0.1) is 0 Å². The summed E-state index contributed by atoms with van der Waals surface area (Å²) in [6.45, 7) is 0.572. The van der Waals surface area contributed by atoms with Crippen LogP contribution in [0.15, 0.2) is 119 Å². The highest BCUT2D eigenvalue weighted by Crippen LogP contribution is 2.50. The predicted octanol–water partition coefficient (Wildman–Crippen LogP) is 6.69. The summed E-state index contributed by atoms with van der Waals surface area (Å²) < 4.78 is 18.5. The van der Waals surface area contributed by atoms with Crippen molar-refractivity contribution >= 4 is 29.2 Å². The minimum absolute atomic E-state index is 0.145. The number of aliphatic hydroxyl groups excluding tert-OH is 1. The molecule has 2 aliphatic heterocycles. The number of anilines is 1. The van der Waals surface area contributed by atoms with Gasteiger partial charge in [-0.05, 0) is 84.0 Å². The van der Waals surface area contributed by atoms with Crippen molar-refractivity contribution in [3.8, 4) is 5.75 Å². The van der Waals surface area contributed by atoms with Gasteiger partial charge in [0.1, 0.15) is 30.5 Å². The van der Waals surface area contributed by atoms with Gasteiger partial charge in [-0.2, -0.15) is 0 Å². The molecule has 3 heterocycles. The molecule has 1 aliphatic carbocycles. The van der Waals surface area contributed by atoms with Crippen molar-refractivity contribution in [2.45, 2.75) is 32.0 Å². The topological polar surface area (TPSA) is 89.2 Å². The first-order chi connectivity index (χ1) is 22.1. The van der Waals surface area contributed by atoms with Crippen LogP contribution in [-0.2, 0) is 20.9 Å². The van der Waals surface area contributed by atoms with Gasteiger partial charge >= 0.3 is 0 Å². The molecule has 0 saturated carbocycles. The molecule has 2 saturated heterocycles. The van der Waals surface area contributed by atoms with Crippen LogP contribution in [0.5, 0.6) is 5.75 Å². The molecule has 0 bridgehead atoms. The maximum absolute atomic E-state index is 13.9. The lowest BCUT2D eigenvalue weighted by atomic mass is 9.69. The van der Waals surface area contributed by atoms with Crippen LogP contribution in [0.2, 0.25) is 0 Å². The molecule has 0 radical (unpaired) electrons. The summed E-state index contributed by atoms with van der Waals surface area (Å²) in [7, 11) is 0. The molecule has 7 rings (SSSR count). The molecule has 2 fully saturated rings. The number of allylic oxidation sites excluding steroid dienone is 1. The number of carbonyl (C=O) groups excluding carboxylic acids is 2. The Hall–Kier alpha value is -4.72. The summed E-state index contributed by atoms with van der Waals surface area (Å²) >= 11 is 0. The van der Waals surface area contributed by atoms with Crippen LogP contribution in [0, 0.1) is 17.8 Å². The third-order valence-corrected chi connectivity index (χ3v) is 9.15. The van der Waals surface area contributed by atoms with Crippen LogP contribution in [0.4, 0.5) is 5.69 Å². The highest BCUT2D eigenvalue weighted by molar-refractivity contribution is 6.22. The minimum atomic E-state index is -0.456. The third-order valence-electron chi connectivity index (χ3n) is 9.15. The smallest absolute Gasteiger partial charge is 0.238 e. The number of carbonyl (C=O) groups is 2. The van der Waals surface area contributed by atoms with Crippen molar-refractivity contribution < 1.29 is 28.6 Å². The number of amides is 2. The summed E-state index contributed by atoms with van der Waals surface area (Å²) in [6, 6.07) is 32.7.